The van der Waals surface area contributed by atoms with Gasteiger partial charge >= 0.3 is 0 Å². The van der Waals surface area contributed by atoms with Crippen LogP contribution in [0, 0.1) is 0 Å². The average molecular weight is 298 g/mol. The molecule has 1 aliphatic heterocycles. The molecule has 114 valence electrons. The molecular weight excluding hydrogens is 280 g/mol. The second-order valence-electron chi connectivity index (χ2n) is 5.12. The third kappa shape index (κ3) is 3.16. The summed E-state index contributed by atoms with van der Waals surface area (Å²) in [6.45, 7) is 1.62. The number of carbonyl (C=O) groups excluding carboxylic acids is 1. The molecule has 1 aromatic carbocycles. The van der Waals surface area contributed by atoms with Crippen molar-refractivity contribution in [3.8, 4) is 5.75 Å². The molecule has 6 nitrogen and oxygen atoms in total. The zero-order chi connectivity index (χ0) is 15.4. The van der Waals surface area contributed by atoms with Crippen LogP contribution in [0.5, 0.6) is 5.75 Å². The molecule has 2 aromatic rings. The van der Waals surface area contributed by atoms with E-state index in [4.69, 9.17) is 4.74 Å². The molecule has 1 aromatic heterocycles. The summed E-state index contributed by atoms with van der Waals surface area (Å²) in [6, 6.07) is 9.09. The highest BCUT2D eigenvalue weighted by molar-refractivity contribution is 5.92. The summed E-state index contributed by atoms with van der Waals surface area (Å²) in [5, 5.41) is 3.09. The Morgan fingerprint density at radius 2 is 1.91 bits per heavy atom. The summed E-state index contributed by atoms with van der Waals surface area (Å²) in [7, 11) is 1.62. The zero-order valence-corrected chi connectivity index (χ0v) is 12.5. The number of methoxy groups -OCH3 is 1. The molecule has 0 aliphatic carbocycles. The van der Waals surface area contributed by atoms with Crippen molar-refractivity contribution in [2.45, 2.75) is 12.8 Å². The molecule has 0 spiro atoms. The molecule has 2 heterocycles. The minimum atomic E-state index is -0.0299. The topological polar surface area (TPSA) is 67.3 Å². The number of carbonyl (C=O) groups is 1. The van der Waals surface area contributed by atoms with Crippen molar-refractivity contribution in [2.24, 2.45) is 0 Å². The largest absolute Gasteiger partial charge is 0.497 e. The van der Waals surface area contributed by atoms with E-state index >= 15 is 0 Å². The van der Waals surface area contributed by atoms with Crippen LogP contribution in [-0.2, 0) is 0 Å². The van der Waals surface area contributed by atoms with Gasteiger partial charge < -0.3 is 15.0 Å². The van der Waals surface area contributed by atoms with E-state index in [1.54, 1.807) is 19.4 Å². The number of anilines is 2. The van der Waals surface area contributed by atoms with Gasteiger partial charge in [-0.2, -0.15) is 0 Å². The van der Waals surface area contributed by atoms with Crippen LogP contribution in [0.3, 0.4) is 0 Å². The van der Waals surface area contributed by atoms with Gasteiger partial charge in [0, 0.05) is 25.0 Å². The lowest BCUT2D eigenvalue weighted by Gasteiger charge is -2.14. The summed E-state index contributed by atoms with van der Waals surface area (Å²) < 4.78 is 5.12. The number of rotatable bonds is 4. The zero-order valence-electron chi connectivity index (χ0n) is 12.5. The van der Waals surface area contributed by atoms with Crippen molar-refractivity contribution in [1.29, 1.82) is 0 Å². The van der Waals surface area contributed by atoms with Crippen LogP contribution < -0.4 is 10.1 Å². The molecule has 1 N–H and O–H groups in total. The number of aromatic nitrogens is 2. The maximum Gasteiger partial charge on any atom is 0.272 e. The Balaban J connectivity index is 1.74. The number of hydrogen-bond acceptors (Lipinski definition) is 5. The Morgan fingerprint density at radius 1 is 1.18 bits per heavy atom. The van der Waals surface area contributed by atoms with Crippen LogP contribution >= 0.6 is 0 Å². The molecule has 0 bridgehead atoms. The number of amides is 1. The first kappa shape index (κ1) is 14.3. The maximum atomic E-state index is 12.3. The van der Waals surface area contributed by atoms with Gasteiger partial charge in [-0.1, -0.05) is 0 Å². The van der Waals surface area contributed by atoms with Crippen molar-refractivity contribution in [2.75, 3.05) is 25.5 Å². The van der Waals surface area contributed by atoms with E-state index in [0.717, 1.165) is 37.4 Å². The van der Waals surface area contributed by atoms with Crippen LogP contribution in [0.2, 0.25) is 0 Å². The molecule has 0 radical (unpaired) electrons. The fourth-order valence-corrected chi connectivity index (χ4v) is 2.42. The third-order valence-electron chi connectivity index (χ3n) is 3.61. The van der Waals surface area contributed by atoms with E-state index in [1.807, 2.05) is 29.2 Å². The van der Waals surface area contributed by atoms with Crippen molar-refractivity contribution in [3.05, 3.63) is 42.2 Å². The second kappa shape index (κ2) is 6.43. The summed E-state index contributed by atoms with van der Waals surface area (Å²) in [6.07, 6.45) is 3.73. The Morgan fingerprint density at radius 3 is 2.59 bits per heavy atom. The molecule has 1 aliphatic rings. The Bertz CT molecular complexity index is 651. The summed E-state index contributed by atoms with van der Waals surface area (Å²) >= 11 is 0. The van der Waals surface area contributed by atoms with Crippen LogP contribution in [0.15, 0.2) is 36.5 Å². The first-order valence-electron chi connectivity index (χ1n) is 7.29. The van der Waals surface area contributed by atoms with Gasteiger partial charge in [0.25, 0.3) is 5.91 Å². The SMILES string of the molecule is COc1ccc(Nc2nccc(C(=O)N3CCCC3)n2)cc1. The standard InChI is InChI=1S/C16H18N4O2/c1-22-13-6-4-12(5-7-13)18-16-17-9-8-14(19-16)15(21)20-10-2-3-11-20/h4-9H,2-3,10-11H2,1H3,(H,17,18,19). The van der Waals surface area contributed by atoms with Gasteiger partial charge in [0.2, 0.25) is 5.95 Å². The first-order chi connectivity index (χ1) is 10.8. The Hall–Kier alpha value is -2.63. The summed E-state index contributed by atoms with van der Waals surface area (Å²) in [5.74, 6) is 1.16. The van der Waals surface area contributed by atoms with Crippen LogP contribution in [0.4, 0.5) is 11.6 Å². The smallest absolute Gasteiger partial charge is 0.272 e. The number of nitrogens with zero attached hydrogens (tertiary/aromatic N) is 3. The second-order valence-corrected chi connectivity index (χ2v) is 5.12. The molecule has 0 atom stereocenters. The summed E-state index contributed by atoms with van der Waals surface area (Å²) in [5.41, 5.74) is 1.26. The van der Waals surface area contributed by atoms with E-state index < -0.39 is 0 Å². The number of benzene rings is 1. The van der Waals surface area contributed by atoms with E-state index in [2.05, 4.69) is 15.3 Å². The van der Waals surface area contributed by atoms with Gasteiger partial charge in [0.1, 0.15) is 11.4 Å². The molecule has 22 heavy (non-hydrogen) atoms. The lowest BCUT2D eigenvalue weighted by molar-refractivity contribution is 0.0787. The highest BCUT2D eigenvalue weighted by Crippen LogP contribution is 2.18. The minimum Gasteiger partial charge on any atom is -0.497 e. The van der Waals surface area contributed by atoms with E-state index in [-0.39, 0.29) is 5.91 Å². The maximum absolute atomic E-state index is 12.3. The molecule has 6 heteroatoms. The molecule has 1 saturated heterocycles. The number of hydrogen-bond donors (Lipinski definition) is 1. The number of ether oxygens (including phenoxy) is 1. The van der Waals surface area contributed by atoms with Crippen molar-refractivity contribution < 1.29 is 9.53 Å². The molecule has 1 amide bonds. The third-order valence-corrected chi connectivity index (χ3v) is 3.61. The monoisotopic (exact) mass is 298 g/mol. The van der Waals surface area contributed by atoms with Crippen molar-refractivity contribution >= 4 is 17.5 Å². The number of nitrogens with one attached hydrogen (secondary N) is 1. The quantitative estimate of drug-likeness (QED) is 0.939. The first-order valence-corrected chi connectivity index (χ1v) is 7.29. The molecule has 3 rings (SSSR count). The predicted molar refractivity (Wildman–Crippen MR) is 83.4 cm³/mol. The van der Waals surface area contributed by atoms with Gasteiger partial charge in [-0.3, -0.25) is 4.79 Å². The predicted octanol–water partition coefficient (Wildman–Crippen LogP) is 2.46. The average Bonchev–Trinajstić information content (AvgIpc) is 3.09. The van der Waals surface area contributed by atoms with E-state index in [1.165, 1.54) is 0 Å². The van der Waals surface area contributed by atoms with Crippen molar-refractivity contribution in [1.82, 2.24) is 14.9 Å². The lowest BCUT2D eigenvalue weighted by atomic mass is 10.3. The molecule has 0 unspecified atom stereocenters. The normalized spacial score (nSPS) is 14.0. The van der Waals surface area contributed by atoms with Crippen LogP contribution in [-0.4, -0.2) is 41.0 Å². The fraction of sp³-hybridized carbons (Fsp3) is 0.312. The van der Waals surface area contributed by atoms with Gasteiger partial charge in [0.05, 0.1) is 7.11 Å². The van der Waals surface area contributed by atoms with Gasteiger partial charge in [-0.05, 0) is 43.2 Å². The molecule has 0 saturated carbocycles. The highest BCUT2D eigenvalue weighted by Gasteiger charge is 2.20. The highest BCUT2D eigenvalue weighted by atomic mass is 16.5. The lowest BCUT2D eigenvalue weighted by Crippen LogP contribution is -2.28. The molecule has 1 fully saturated rings. The van der Waals surface area contributed by atoms with Gasteiger partial charge in [-0.15, -0.1) is 0 Å². The Labute approximate surface area is 129 Å². The van der Waals surface area contributed by atoms with Crippen molar-refractivity contribution in [3.63, 3.8) is 0 Å². The van der Waals surface area contributed by atoms with E-state index in [0.29, 0.717) is 11.6 Å². The van der Waals surface area contributed by atoms with Crippen LogP contribution in [0.25, 0.3) is 0 Å². The molecular formula is C16H18N4O2. The van der Waals surface area contributed by atoms with Gasteiger partial charge in [-0.25, -0.2) is 9.97 Å². The van der Waals surface area contributed by atoms with Gasteiger partial charge in [0.15, 0.2) is 0 Å². The van der Waals surface area contributed by atoms with Crippen LogP contribution in [0.1, 0.15) is 23.3 Å². The summed E-state index contributed by atoms with van der Waals surface area (Å²) in [4.78, 5) is 22.6. The Kier molecular flexibility index (Phi) is 4.18. The fourth-order valence-electron chi connectivity index (χ4n) is 2.42. The minimum absolute atomic E-state index is 0.0299. The number of likely N-dealkylation sites (tertiary alicyclic amines) is 1. The van der Waals surface area contributed by atoms with E-state index in [9.17, 15) is 4.79 Å².